The predicted octanol–water partition coefficient (Wildman–Crippen LogP) is 4.20. The highest BCUT2D eigenvalue weighted by molar-refractivity contribution is 6.33. The van der Waals surface area contributed by atoms with Crippen LogP contribution < -0.4 is 5.32 Å². The van der Waals surface area contributed by atoms with Crippen molar-refractivity contribution in [2.75, 3.05) is 0 Å². The van der Waals surface area contributed by atoms with Gasteiger partial charge >= 0.3 is 0 Å². The summed E-state index contributed by atoms with van der Waals surface area (Å²) in [6.45, 7) is 4.65. The molecule has 2 unspecified atom stereocenters. The predicted molar refractivity (Wildman–Crippen MR) is 96.4 cm³/mol. The van der Waals surface area contributed by atoms with E-state index in [2.05, 4.69) is 17.3 Å². The number of rotatable bonds is 4. The van der Waals surface area contributed by atoms with Gasteiger partial charge in [0, 0.05) is 6.04 Å². The summed E-state index contributed by atoms with van der Waals surface area (Å²) in [7, 11) is 0. The zero-order chi connectivity index (χ0) is 17.1. The largest absolute Gasteiger partial charge is 0.349 e. The molecule has 1 aromatic heterocycles. The van der Waals surface area contributed by atoms with Crippen molar-refractivity contribution in [3.8, 4) is 0 Å². The Hall–Kier alpha value is -1.81. The second-order valence-electron chi connectivity index (χ2n) is 6.84. The van der Waals surface area contributed by atoms with Crippen molar-refractivity contribution in [3.05, 3.63) is 52.3 Å². The molecule has 4 nitrogen and oxygen atoms in total. The van der Waals surface area contributed by atoms with Gasteiger partial charge in [-0.1, -0.05) is 61.7 Å². The van der Waals surface area contributed by atoms with E-state index in [4.69, 9.17) is 11.6 Å². The number of halogens is 1. The van der Waals surface area contributed by atoms with Crippen molar-refractivity contribution in [3.63, 3.8) is 0 Å². The van der Waals surface area contributed by atoms with Crippen LogP contribution in [0.2, 0.25) is 5.15 Å². The number of aromatic nitrogens is 2. The van der Waals surface area contributed by atoms with Crippen LogP contribution in [0.1, 0.15) is 54.2 Å². The third-order valence-electron chi connectivity index (χ3n) is 4.74. The molecule has 1 amide bonds. The monoisotopic (exact) mass is 345 g/mol. The van der Waals surface area contributed by atoms with Gasteiger partial charge in [-0.3, -0.25) is 4.79 Å². The van der Waals surface area contributed by atoms with Gasteiger partial charge in [0.2, 0.25) is 0 Å². The highest BCUT2D eigenvalue weighted by Gasteiger charge is 2.25. The Morgan fingerprint density at radius 3 is 2.79 bits per heavy atom. The highest BCUT2D eigenvalue weighted by atomic mass is 35.5. The normalized spacial score (nSPS) is 20.8. The summed E-state index contributed by atoms with van der Waals surface area (Å²) < 4.78 is 1.70. The number of benzene rings is 1. The number of carbonyl (C=O) groups excluding carboxylic acids is 1. The van der Waals surface area contributed by atoms with Crippen LogP contribution in [-0.4, -0.2) is 21.7 Å². The summed E-state index contributed by atoms with van der Waals surface area (Å²) in [6, 6.07) is 10.2. The van der Waals surface area contributed by atoms with Crippen LogP contribution in [0.3, 0.4) is 0 Å². The van der Waals surface area contributed by atoms with Crippen LogP contribution in [0.5, 0.6) is 0 Å². The van der Waals surface area contributed by atoms with Gasteiger partial charge in [0.05, 0.1) is 17.8 Å². The van der Waals surface area contributed by atoms with Gasteiger partial charge in [-0.25, -0.2) is 4.68 Å². The van der Waals surface area contributed by atoms with Gasteiger partial charge in [-0.05, 0) is 31.2 Å². The summed E-state index contributed by atoms with van der Waals surface area (Å²) in [4.78, 5) is 12.7. The second kappa shape index (κ2) is 7.39. The second-order valence-corrected chi connectivity index (χ2v) is 7.19. The molecule has 0 bridgehead atoms. The van der Waals surface area contributed by atoms with Crippen molar-refractivity contribution < 1.29 is 4.79 Å². The number of aryl methyl sites for hydroxylation is 1. The molecular weight excluding hydrogens is 322 g/mol. The van der Waals surface area contributed by atoms with Gasteiger partial charge in [0.1, 0.15) is 5.15 Å². The molecule has 3 rings (SSSR count). The zero-order valence-corrected chi connectivity index (χ0v) is 15.0. The summed E-state index contributed by atoms with van der Waals surface area (Å²) in [5.74, 6) is 0.567. The van der Waals surface area contributed by atoms with Crippen molar-refractivity contribution in [1.29, 1.82) is 0 Å². The summed E-state index contributed by atoms with van der Waals surface area (Å²) in [5.41, 5.74) is 2.29. The van der Waals surface area contributed by atoms with Gasteiger partial charge in [-0.15, -0.1) is 0 Å². The lowest BCUT2D eigenvalue weighted by Gasteiger charge is -2.27. The molecule has 1 aromatic carbocycles. The third-order valence-corrected chi connectivity index (χ3v) is 5.12. The minimum atomic E-state index is -0.101. The Balaban J connectivity index is 1.74. The Kier molecular flexibility index (Phi) is 5.24. The number of hydrogen-bond donors (Lipinski definition) is 1. The van der Waals surface area contributed by atoms with E-state index in [1.165, 1.54) is 12.8 Å². The average molecular weight is 346 g/mol. The molecule has 1 aliphatic rings. The first-order valence-corrected chi connectivity index (χ1v) is 9.00. The first-order chi connectivity index (χ1) is 11.5. The molecule has 1 heterocycles. The lowest BCUT2D eigenvalue weighted by Crippen LogP contribution is -2.38. The molecule has 128 valence electrons. The number of nitrogens with one attached hydrogen (secondary N) is 1. The summed E-state index contributed by atoms with van der Waals surface area (Å²) in [6.07, 6.45) is 4.51. The first-order valence-electron chi connectivity index (χ1n) is 8.62. The lowest BCUT2D eigenvalue weighted by atomic mass is 9.87. The van der Waals surface area contributed by atoms with Gasteiger partial charge in [0.25, 0.3) is 5.91 Å². The fourth-order valence-electron chi connectivity index (χ4n) is 3.50. The lowest BCUT2D eigenvalue weighted by molar-refractivity contribution is 0.0921. The quantitative estimate of drug-likeness (QED) is 0.902. The van der Waals surface area contributed by atoms with Crippen molar-refractivity contribution in [2.45, 2.75) is 52.1 Å². The molecule has 2 aromatic rings. The van der Waals surface area contributed by atoms with Crippen LogP contribution in [0.15, 0.2) is 30.3 Å². The molecule has 1 N–H and O–H groups in total. The van der Waals surface area contributed by atoms with Crippen LogP contribution in [0.25, 0.3) is 0 Å². The number of carbonyl (C=O) groups is 1. The topological polar surface area (TPSA) is 46.9 Å². The van der Waals surface area contributed by atoms with Crippen LogP contribution in [0, 0.1) is 12.8 Å². The molecule has 0 saturated heterocycles. The minimum Gasteiger partial charge on any atom is -0.349 e. The van der Waals surface area contributed by atoms with E-state index in [9.17, 15) is 4.79 Å². The summed E-state index contributed by atoms with van der Waals surface area (Å²) in [5, 5.41) is 8.02. The first kappa shape index (κ1) is 17.0. The van der Waals surface area contributed by atoms with Crippen molar-refractivity contribution in [1.82, 2.24) is 15.1 Å². The van der Waals surface area contributed by atoms with E-state index in [-0.39, 0.29) is 11.9 Å². The molecule has 2 atom stereocenters. The maximum atomic E-state index is 12.7. The molecule has 1 fully saturated rings. The van der Waals surface area contributed by atoms with Crippen LogP contribution >= 0.6 is 11.6 Å². The van der Waals surface area contributed by atoms with E-state index in [0.717, 1.165) is 18.4 Å². The fourth-order valence-corrected chi connectivity index (χ4v) is 3.82. The number of nitrogens with zero attached hydrogens (tertiary/aromatic N) is 2. The average Bonchev–Trinajstić information content (AvgIpc) is 2.82. The molecule has 0 aliphatic heterocycles. The zero-order valence-electron chi connectivity index (χ0n) is 14.3. The van der Waals surface area contributed by atoms with E-state index in [1.54, 1.807) is 4.68 Å². The van der Waals surface area contributed by atoms with E-state index < -0.39 is 0 Å². The molecule has 1 aliphatic carbocycles. The van der Waals surface area contributed by atoms with Gasteiger partial charge in [-0.2, -0.15) is 5.10 Å². The molecule has 0 spiro atoms. The van der Waals surface area contributed by atoms with Gasteiger partial charge in [0.15, 0.2) is 0 Å². The number of amides is 1. The molecule has 0 radical (unpaired) electrons. The van der Waals surface area contributed by atoms with Crippen molar-refractivity contribution in [2.24, 2.45) is 5.92 Å². The maximum absolute atomic E-state index is 12.7. The van der Waals surface area contributed by atoms with Gasteiger partial charge < -0.3 is 5.32 Å². The van der Waals surface area contributed by atoms with Crippen LogP contribution in [0.4, 0.5) is 0 Å². The SMILES string of the molecule is Cc1nn(Cc2ccccc2)c(Cl)c1C(=O)NC1CCCC(C)C1. The Bertz CT molecular complexity index is 711. The van der Waals surface area contributed by atoms with Crippen molar-refractivity contribution >= 4 is 17.5 Å². The maximum Gasteiger partial charge on any atom is 0.256 e. The standard InChI is InChI=1S/C19H24ClN3O/c1-13-7-6-10-16(11-13)21-19(24)17-14(2)22-23(18(17)20)12-15-8-4-3-5-9-15/h3-5,8-9,13,16H,6-7,10-12H2,1-2H3,(H,21,24). The Labute approximate surface area is 148 Å². The molecule has 5 heteroatoms. The number of hydrogen-bond acceptors (Lipinski definition) is 2. The smallest absolute Gasteiger partial charge is 0.256 e. The third kappa shape index (κ3) is 3.81. The van der Waals surface area contributed by atoms with E-state index >= 15 is 0 Å². The Morgan fingerprint density at radius 1 is 1.33 bits per heavy atom. The van der Waals surface area contributed by atoms with E-state index in [1.807, 2.05) is 37.3 Å². The minimum absolute atomic E-state index is 0.101. The molecule has 24 heavy (non-hydrogen) atoms. The Morgan fingerprint density at radius 2 is 2.08 bits per heavy atom. The van der Waals surface area contributed by atoms with E-state index in [0.29, 0.717) is 28.9 Å². The summed E-state index contributed by atoms with van der Waals surface area (Å²) >= 11 is 6.46. The van der Waals surface area contributed by atoms with Crippen LogP contribution in [-0.2, 0) is 6.54 Å². The highest BCUT2D eigenvalue weighted by Crippen LogP contribution is 2.25. The molecule has 1 saturated carbocycles. The molecular formula is C19H24ClN3O. The fraction of sp³-hybridized carbons (Fsp3) is 0.474.